The molecule has 2 rings (SSSR count). The first kappa shape index (κ1) is 13.5. The summed E-state index contributed by atoms with van der Waals surface area (Å²) in [4.78, 5) is 12.1. The van der Waals surface area contributed by atoms with E-state index in [0.717, 1.165) is 0 Å². The standard InChI is InChI=1S/C14H17ClFNO/c1-8(2)14(18)12-7-17-6-11(12)10-4-3-9(15)5-13(10)16/h3-5,8,11-12,17H,6-7H2,1-2H3/t11-,12+/m1/s1. The maximum atomic E-state index is 13.9. The van der Waals surface area contributed by atoms with Gasteiger partial charge in [0.25, 0.3) is 0 Å². The maximum Gasteiger partial charge on any atom is 0.140 e. The predicted molar refractivity (Wildman–Crippen MR) is 70.4 cm³/mol. The Morgan fingerprint density at radius 3 is 2.78 bits per heavy atom. The second kappa shape index (κ2) is 5.37. The van der Waals surface area contributed by atoms with Gasteiger partial charge in [-0.3, -0.25) is 4.79 Å². The third-order valence-corrected chi connectivity index (χ3v) is 3.75. The van der Waals surface area contributed by atoms with E-state index < -0.39 is 0 Å². The van der Waals surface area contributed by atoms with Crippen LogP contribution in [0.2, 0.25) is 5.02 Å². The molecule has 98 valence electrons. The molecule has 1 heterocycles. The van der Waals surface area contributed by atoms with Crippen LogP contribution < -0.4 is 5.32 Å². The average molecular weight is 270 g/mol. The minimum Gasteiger partial charge on any atom is -0.315 e. The van der Waals surface area contributed by atoms with Gasteiger partial charge in [-0.25, -0.2) is 4.39 Å². The minimum atomic E-state index is -0.322. The highest BCUT2D eigenvalue weighted by molar-refractivity contribution is 6.30. The molecule has 0 aromatic heterocycles. The molecule has 1 N–H and O–H groups in total. The van der Waals surface area contributed by atoms with Crippen LogP contribution in [-0.4, -0.2) is 18.9 Å². The Balaban J connectivity index is 2.29. The van der Waals surface area contributed by atoms with Crippen LogP contribution in [0, 0.1) is 17.7 Å². The van der Waals surface area contributed by atoms with Gasteiger partial charge in [-0.1, -0.05) is 31.5 Å². The van der Waals surface area contributed by atoms with Crippen LogP contribution in [0.25, 0.3) is 0 Å². The van der Waals surface area contributed by atoms with E-state index in [2.05, 4.69) is 5.32 Å². The SMILES string of the molecule is CC(C)C(=O)[C@H]1CNC[C@@H]1c1ccc(Cl)cc1F. The van der Waals surface area contributed by atoms with E-state index in [1.165, 1.54) is 6.07 Å². The van der Waals surface area contributed by atoms with Crippen molar-refractivity contribution in [1.29, 1.82) is 0 Å². The molecular weight excluding hydrogens is 253 g/mol. The first-order valence-corrected chi connectivity index (χ1v) is 6.58. The van der Waals surface area contributed by atoms with Crippen molar-refractivity contribution in [3.05, 3.63) is 34.6 Å². The summed E-state index contributed by atoms with van der Waals surface area (Å²) in [6.07, 6.45) is 0. The zero-order valence-corrected chi connectivity index (χ0v) is 11.3. The van der Waals surface area contributed by atoms with E-state index in [1.54, 1.807) is 12.1 Å². The fraction of sp³-hybridized carbons (Fsp3) is 0.500. The van der Waals surface area contributed by atoms with Gasteiger partial charge in [0.05, 0.1) is 0 Å². The molecule has 0 radical (unpaired) electrons. The summed E-state index contributed by atoms with van der Waals surface area (Å²) in [6, 6.07) is 4.68. The molecule has 1 fully saturated rings. The monoisotopic (exact) mass is 269 g/mol. The zero-order valence-electron chi connectivity index (χ0n) is 10.5. The second-order valence-corrected chi connectivity index (χ2v) is 5.53. The number of carbonyl (C=O) groups is 1. The highest BCUT2D eigenvalue weighted by atomic mass is 35.5. The van der Waals surface area contributed by atoms with E-state index in [4.69, 9.17) is 11.6 Å². The van der Waals surface area contributed by atoms with Crippen LogP contribution in [0.3, 0.4) is 0 Å². The number of carbonyl (C=O) groups excluding carboxylic acids is 1. The van der Waals surface area contributed by atoms with Crippen LogP contribution in [-0.2, 0) is 4.79 Å². The Bertz CT molecular complexity index is 461. The summed E-state index contributed by atoms with van der Waals surface area (Å²) in [5, 5.41) is 3.56. The minimum absolute atomic E-state index is 0.0206. The molecule has 0 spiro atoms. The van der Waals surface area contributed by atoms with Crippen LogP contribution in [0.4, 0.5) is 4.39 Å². The van der Waals surface area contributed by atoms with Crippen LogP contribution in [0.1, 0.15) is 25.3 Å². The lowest BCUT2D eigenvalue weighted by Crippen LogP contribution is -2.26. The van der Waals surface area contributed by atoms with Gasteiger partial charge in [0.1, 0.15) is 11.6 Å². The number of rotatable bonds is 3. The van der Waals surface area contributed by atoms with Crippen LogP contribution in [0.5, 0.6) is 0 Å². The largest absolute Gasteiger partial charge is 0.315 e. The molecule has 0 aliphatic carbocycles. The first-order chi connectivity index (χ1) is 8.50. The summed E-state index contributed by atoms with van der Waals surface area (Å²) < 4.78 is 13.9. The predicted octanol–water partition coefficient (Wildman–Crippen LogP) is 3.01. The number of hydrogen-bond donors (Lipinski definition) is 1. The molecule has 1 aliphatic heterocycles. The number of Topliss-reactive ketones (excluding diaryl/α,β-unsaturated/α-hetero) is 1. The summed E-state index contributed by atoms with van der Waals surface area (Å²) in [6.45, 7) is 5.04. The lowest BCUT2D eigenvalue weighted by molar-refractivity contribution is -0.125. The number of ketones is 1. The molecule has 0 saturated carbocycles. The molecular formula is C14H17ClFNO. The fourth-order valence-corrected chi connectivity index (χ4v) is 2.69. The van der Waals surface area contributed by atoms with Gasteiger partial charge in [0.2, 0.25) is 0 Å². The highest BCUT2D eigenvalue weighted by Gasteiger charge is 2.36. The molecule has 0 bridgehead atoms. The average Bonchev–Trinajstić information content (AvgIpc) is 2.76. The molecule has 0 unspecified atom stereocenters. The number of benzene rings is 1. The van der Waals surface area contributed by atoms with Crippen molar-refractivity contribution in [2.45, 2.75) is 19.8 Å². The molecule has 0 amide bonds. The molecule has 1 aromatic carbocycles. The van der Waals surface area contributed by atoms with Crippen molar-refractivity contribution in [2.24, 2.45) is 11.8 Å². The zero-order chi connectivity index (χ0) is 13.3. The van der Waals surface area contributed by atoms with Gasteiger partial charge in [0.15, 0.2) is 0 Å². The Hall–Kier alpha value is -0.930. The Kier molecular flexibility index (Phi) is 4.03. The lowest BCUT2D eigenvalue weighted by atomic mass is 9.82. The molecule has 18 heavy (non-hydrogen) atoms. The summed E-state index contributed by atoms with van der Waals surface area (Å²) in [5.41, 5.74) is 0.586. The van der Waals surface area contributed by atoms with Gasteiger partial charge in [-0.2, -0.15) is 0 Å². The molecule has 4 heteroatoms. The van der Waals surface area contributed by atoms with Crippen LogP contribution in [0.15, 0.2) is 18.2 Å². The molecule has 2 nitrogen and oxygen atoms in total. The third kappa shape index (κ3) is 2.57. The Labute approximate surface area is 112 Å². The van der Waals surface area contributed by atoms with Gasteiger partial charge in [-0.15, -0.1) is 0 Å². The smallest absolute Gasteiger partial charge is 0.140 e. The number of halogens is 2. The van der Waals surface area contributed by atoms with Gasteiger partial charge in [-0.05, 0) is 17.7 Å². The van der Waals surface area contributed by atoms with Gasteiger partial charge < -0.3 is 5.32 Å². The quantitative estimate of drug-likeness (QED) is 0.914. The summed E-state index contributed by atoms with van der Waals surface area (Å²) in [7, 11) is 0. The molecule has 1 saturated heterocycles. The van der Waals surface area contributed by atoms with Gasteiger partial charge >= 0.3 is 0 Å². The molecule has 1 aromatic rings. The Morgan fingerprint density at radius 2 is 2.17 bits per heavy atom. The second-order valence-electron chi connectivity index (χ2n) is 5.09. The van der Waals surface area contributed by atoms with E-state index in [9.17, 15) is 9.18 Å². The van der Waals surface area contributed by atoms with E-state index in [-0.39, 0.29) is 29.4 Å². The van der Waals surface area contributed by atoms with Crippen molar-refractivity contribution in [3.8, 4) is 0 Å². The van der Waals surface area contributed by atoms with E-state index in [1.807, 2.05) is 13.8 Å². The van der Waals surface area contributed by atoms with Crippen molar-refractivity contribution >= 4 is 17.4 Å². The number of nitrogens with one attached hydrogen (secondary N) is 1. The van der Waals surface area contributed by atoms with Crippen LogP contribution >= 0.6 is 11.6 Å². The highest BCUT2D eigenvalue weighted by Crippen LogP contribution is 2.33. The van der Waals surface area contributed by atoms with Crippen molar-refractivity contribution < 1.29 is 9.18 Å². The van der Waals surface area contributed by atoms with Crippen molar-refractivity contribution in [3.63, 3.8) is 0 Å². The topological polar surface area (TPSA) is 29.1 Å². The third-order valence-electron chi connectivity index (χ3n) is 3.51. The van der Waals surface area contributed by atoms with Crippen molar-refractivity contribution in [2.75, 3.05) is 13.1 Å². The normalized spacial score (nSPS) is 23.6. The fourth-order valence-electron chi connectivity index (χ4n) is 2.53. The van der Waals surface area contributed by atoms with E-state index in [0.29, 0.717) is 23.7 Å². The summed E-state index contributed by atoms with van der Waals surface area (Å²) in [5.74, 6) is -0.372. The first-order valence-electron chi connectivity index (χ1n) is 6.20. The molecule has 1 aliphatic rings. The lowest BCUT2D eigenvalue weighted by Gasteiger charge is -2.20. The number of hydrogen-bond acceptors (Lipinski definition) is 2. The van der Waals surface area contributed by atoms with E-state index >= 15 is 0 Å². The summed E-state index contributed by atoms with van der Waals surface area (Å²) >= 11 is 5.75. The van der Waals surface area contributed by atoms with Crippen molar-refractivity contribution in [1.82, 2.24) is 5.32 Å². The van der Waals surface area contributed by atoms with Gasteiger partial charge in [0, 0.05) is 35.9 Å². The maximum absolute atomic E-state index is 13.9. The Morgan fingerprint density at radius 1 is 1.44 bits per heavy atom. The molecule has 2 atom stereocenters.